The molecule has 0 aromatic carbocycles. The molecule has 0 N–H and O–H groups in total. The molecule has 22 heavy (non-hydrogen) atoms. The molecule has 2 rings (SSSR count). The Morgan fingerprint density at radius 3 is 2.14 bits per heavy atom. The quantitative estimate of drug-likeness (QED) is 0.379. The zero-order valence-corrected chi connectivity index (χ0v) is 13.6. The summed E-state index contributed by atoms with van der Waals surface area (Å²) in [5.74, 6) is 1.61. The summed E-state index contributed by atoms with van der Waals surface area (Å²) in [6.07, 6.45) is 10.4. The van der Waals surface area contributed by atoms with Crippen molar-refractivity contribution < 1.29 is 19.0 Å². The van der Waals surface area contributed by atoms with E-state index in [1.165, 1.54) is 0 Å². The van der Waals surface area contributed by atoms with Crippen molar-refractivity contribution in [2.45, 2.75) is 71.2 Å². The van der Waals surface area contributed by atoms with Gasteiger partial charge in [0, 0.05) is 18.4 Å². The number of hydrogen-bond acceptors (Lipinski definition) is 4. The highest BCUT2D eigenvalue weighted by molar-refractivity contribution is 5.87. The molecule has 0 aliphatic heterocycles. The molecule has 0 saturated heterocycles. The van der Waals surface area contributed by atoms with Crippen LogP contribution in [0.5, 0.6) is 0 Å². The van der Waals surface area contributed by atoms with Gasteiger partial charge in [-0.3, -0.25) is 0 Å². The van der Waals surface area contributed by atoms with Crippen LogP contribution in [0.3, 0.4) is 0 Å². The van der Waals surface area contributed by atoms with Gasteiger partial charge in [0.2, 0.25) is 6.29 Å². The Morgan fingerprint density at radius 2 is 1.73 bits per heavy atom. The van der Waals surface area contributed by atoms with Crippen molar-refractivity contribution in [2.24, 2.45) is 0 Å². The second-order valence-electron chi connectivity index (χ2n) is 6.02. The Morgan fingerprint density at radius 1 is 1.18 bits per heavy atom. The van der Waals surface area contributed by atoms with Gasteiger partial charge < -0.3 is 14.2 Å². The number of rotatable bonds is 8. The van der Waals surface area contributed by atoms with Gasteiger partial charge in [0.1, 0.15) is 6.10 Å². The summed E-state index contributed by atoms with van der Waals surface area (Å²) >= 11 is 0. The smallest absolute Gasteiger partial charge is 0.333 e. The lowest BCUT2D eigenvalue weighted by Gasteiger charge is -2.24. The molecule has 0 aromatic heterocycles. The molecule has 4 nitrogen and oxygen atoms in total. The molecular formula is C18H26O4. The fourth-order valence-electron chi connectivity index (χ4n) is 2.56. The van der Waals surface area contributed by atoms with Gasteiger partial charge in [-0.1, -0.05) is 6.58 Å². The molecule has 0 heterocycles. The summed E-state index contributed by atoms with van der Waals surface area (Å²) < 4.78 is 17.3. The van der Waals surface area contributed by atoms with Gasteiger partial charge >= 0.3 is 5.97 Å². The van der Waals surface area contributed by atoms with Crippen LogP contribution in [0.4, 0.5) is 0 Å². The maximum Gasteiger partial charge on any atom is 0.333 e. The molecule has 0 aromatic rings. The maximum atomic E-state index is 11.6. The van der Waals surface area contributed by atoms with E-state index in [2.05, 4.69) is 18.7 Å². The molecule has 1 atom stereocenters. The third-order valence-corrected chi connectivity index (χ3v) is 3.75. The van der Waals surface area contributed by atoms with Crippen LogP contribution in [0.2, 0.25) is 0 Å². The molecule has 0 fully saturated rings. The predicted octanol–water partition coefficient (Wildman–Crippen LogP) is 4.38. The second-order valence-corrected chi connectivity index (χ2v) is 6.02. The Bertz CT molecular complexity index is 449. The van der Waals surface area contributed by atoms with Crippen LogP contribution < -0.4 is 0 Å². The molecule has 122 valence electrons. The summed E-state index contributed by atoms with van der Waals surface area (Å²) in [6.45, 7) is 7.10. The van der Waals surface area contributed by atoms with Crippen LogP contribution >= 0.6 is 0 Å². The average Bonchev–Trinajstić information content (AvgIpc) is 3.11. The van der Waals surface area contributed by atoms with Gasteiger partial charge in [0.25, 0.3) is 0 Å². The molecule has 0 radical (unpaired) electrons. The Labute approximate surface area is 132 Å². The van der Waals surface area contributed by atoms with E-state index in [1.807, 2.05) is 6.92 Å². The van der Waals surface area contributed by atoms with Gasteiger partial charge in [-0.2, -0.15) is 0 Å². The largest absolute Gasteiger partial charge is 0.459 e. The molecule has 2 aliphatic carbocycles. The molecule has 0 bridgehead atoms. The number of carbonyl (C=O) groups excluding carboxylic acids is 1. The summed E-state index contributed by atoms with van der Waals surface area (Å²) in [5.41, 5.74) is 0.405. The maximum absolute atomic E-state index is 11.6. The minimum Gasteiger partial charge on any atom is -0.459 e. The Hall–Kier alpha value is -1.71. The van der Waals surface area contributed by atoms with Crippen LogP contribution in [0.15, 0.2) is 35.8 Å². The number of carbonyl (C=O) groups is 1. The van der Waals surface area contributed by atoms with E-state index in [4.69, 9.17) is 14.2 Å². The second kappa shape index (κ2) is 8.06. The van der Waals surface area contributed by atoms with Crippen molar-refractivity contribution in [3.8, 4) is 0 Å². The van der Waals surface area contributed by atoms with Gasteiger partial charge in [-0.25, -0.2) is 4.79 Å². The SMILES string of the molecule is C=C(C)C(=O)OC(C)CC(OC1=CCCC1)OC1=CCCC1. The molecular weight excluding hydrogens is 280 g/mol. The monoisotopic (exact) mass is 306 g/mol. The molecule has 4 heteroatoms. The average molecular weight is 306 g/mol. The van der Waals surface area contributed by atoms with Crippen LogP contribution in [0, 0.1) is 0 Å². The highest BCUT2D eigenvalue weighted by Gasteiger charge is 2.23. The topological polar surface area (TPSA) is 44.8 Å². The Balaban J connectivity index is 1.90. The first kappa shape index (κ1) is 16.7. The van der Waals surface area contributed by atoms with Gasteiger partial charge in [-0.15, -0.1) is 0 Å². The number of ether oxygens (including phenoxy) is 3. The highest BCUT2D eigenvalue weighted by atomic mass is 16.7. The zero-order valence-electron chi connectivity index (χ0n) is 13.6. The molecule has 1 unspecified atom stereocenters. The van der Waals surface area contributed by atoms with Crippen molar-refractivity contribution >= 4 is 5.97 Å². The summed E-state index contributed by atoms with van der Waals surface area (Å²) in [5, 5.41) is 0. The zero-order chi connectivity index (χ0) is 15.9. The first-order chi connectivity index (χ1) is 10.5. The van der Waals surface area contributed by atoms with Crippen LogP contribution in [-0.2, 0) is 19.0 Å². The van der Waals surface area contributed by atoms with Gasteiger partial charge in [0.15, 0.2) is 0 Å². The first-order valence-electron chi connectivity index (χ1n) is 8.12. The third-order valence-electron chi connectivity index (χ3n) is 3.75. The lowest BCUT2D eigenvalue weighted by Crippen LogP contribution is -2.25. The van der Waals surface area contributed by atoms with E-state index in [0.717, 1.165) is 50.0 Å². The van der Waals surface area contributed by atoms with Crippen molar-refractivity contribution in [1.82, 2.24) is 0 Å². The molecule has 0 amide bonds. The van der Waals surface area contributed by atoms with Crippen molar-refractivity contribution in [1.29, 1.82) is 0 Å². The van der Waals surface area contributed by atoms with Crippen molar-refractivity contribution in [2.75, 3.05) is 0 Å². The number of esters is 1. The fourth-order valence-corrected chi connectivity index (χ4v) is 2.56. The predicted molar refractivity (Wildman–Crippen MR) is 84.8 cm³/mol. The van der Waals surface area contributed by atoms with Crippen LogP contribution in [0.1, 0.15) is 58.8 Å². The molecule has 0 spiro atoms. The lowest BCUT2D eigenvalue weighted by molar-refractivity contribution is -0.151. The summed E-state index contributed by atoms with van der Waals surface area (Å²) in [7, 11) is 0. The summed E-state index contributed by atoms with van der Waals surface area (Å²) in [4.78, 5) is 11.6. The molecule has 2 aliphatic rings. The van der Waals surface area contributed by atoms with Crippen molar-refractivity contribution in [3.63, 3.8) is 0 Å². The molecule has 0 saturated carbocycles. The lowest BCUT2D eigenvalue weighted by atomic mass is 10.2. The number of hydrogen-bond donors (Lipinski definition) is 0. The van der Waals surface area contributed by atoms with Crippen LogP contribution in [0.25, 0.3) is 0 Å². The van der Waals surface area contributed by atoms with E-state index < -0.39 is 6.29 Å². The minimum absolute atomic E-state index is 0.279. The first-order valence-corrected chi connectivity index (χ1v) is 8.12. The highest BCUT2D eigenvalue weighted by Crippen LogP contribution is 2.26. The minimum atomic E-state index is -0.401. The van der Waals surface area contributed by atoms with E-state index in [-0.39, 0.29) is 12.1 Å². The van der Waals surface area contributed by atoms with Crippen molar-refractivity contribution in [3.05, 3.63) is 35.8 Å². The van der Waals surface area contributed by atoms with Gasteiger partial charge in [0.05, 0.1) is 17.9 Å². The van der Waals surface area contributed by atoms with E-state index in [0.29, 0.717) is 12.0 Å². The van der Waals surface area contributed by atoms with Crippen LogP contribution in [-0.4, -0.2) is 18.4 Å². The fraction of sp³-hybridized carbons (Fsp3) is 0.611. The Kier molecular flexibility index (Phi) is 6.10. The third kappa shape index (κ3) is 5.24. The summed E-state index contributed by atoms with van der Waals surface area (Å²) in [6, 6.07) is 0. The van der Waals surface area contributed by atoms with E-state index in [9.17, 15) is 4.79 Å². The van der Waals surface area contributed by atoms with Gasteiger partial charge in [-0.05, 0) is 51.7 Å². The number of allylic oxidation sites excluding steroid dienone is 4. The normalized spacial score (nSPS) is 18.7. The van der Waals surface area contributed by atoms with E-state index >= 15 is 0 Å². The standard InChI is InChI=1S/C18H26O4/c1-13(2)18(19)20-14(3)12-17(21-15-8-4-5-9-15)22-16-10-6-7-11-16/h8,10,14,17H,1,4-7,9,11-12H2,2-3H3. The van der Waals surface area contributed by atoms with E-state index in [1.54, 1.807) is 6.92 Å².